The Morgan fingerprint density at radius 3 is 2.86 bits per heavy atom. The van der Waals surface area contributed by atoms with Gasteiger partial charge in [-0.1, -0.05) is 35.5 Å². The molecule has 2 fully saturated rings. The zero-order valence-corrected chi connectivity index (χ0v) is 11.8. The lowest BCUT2D eigenvalue weighted by atomic mass is 10.1. The average molecular weight is 282 g/mol. The largest absolute Gasteiger partial charge is 0.360 e. The monoisotopic (exact) mass is 282 g/mol. The summed E-state index contributed by atoms with van der Waals surface area (Å²) in [6.45, 7) is 0.712. The molecule has 21 heavy (non-hydrogen) atoms. The number of aromatic nitrogens is 1. The molecule has 0 radical (unpaired) electrons. The molecule has 108 valence electrons. The molecule has 2 aliphatic rings. The highest BCUT2D eigenvalue weighted by molar-refractivity contribution is 5.92. The summed E-state index contributed by atoms with van der Waals surface area (Å²) in [6, 6.07) is 12.3. The van der Waals surface area contributed by atoms with E-state index in [-0.39, 0.29) is 5.91 Å². The molecular formula is C17H18N2O2. The Hall–Kier alpha value is -2.10. The molecule has 2 aromatic rings. The molecule has 2 aliphatic carbocycles. The fourth-order valence-electron chi connectivity index (χ4n) is 2.85. The van der Waals surface area contributed by atoms with Crippen molar-refractivity contribution in [3.05, 3.63) is 53.4 Å². The van der Waals surface area contributed by atoms with Crippen LogP contribution in [-0.4, -0.2) is 17.6 Å². The highest BCUT2D eigenvalue weighted by atomic mass is 16.5. The van der Waals surface area contributed by atoms with Gasteiger partial charge in [-0.2, -0.15) is 0 Å². The van der Waals surface area contributed by atoms with Crippen molar-refractivity contribution in [1.82, 2.24) is 10.5 Å². The van der Waals surface area contributed by atoms with E-state index in [2.05, 4.69) is 34.7 Å². The lowest BCUT2D eigenvalue weighted by molar-refractivity contribution is 0.0942. The van der Waals surface area contributed by atoms with E-state index in [4.69, 9.17) is 4.52 Å². The van der Waals surface area contributed by atoms with Crippen molar-refractivity contribution in [1.29, 1.82) is 0 Å². The summed E-state index contributed by atoms with van der Waals surface area (Å²) in [4.78, 5) is 12.0. The standard InChI is InChI=1S/C17H18N2O2/c20-17(15-9-16(21-19-15)12-6-7-12)18-10-13-8-14(13)11-4-2-1-3-5-11/h1-5,9,12-14H,6-8,10H2,(H,18,20)/t13-,14-/m0/s1. The predicted molar refractivity (Wildman–Crippen MR) is 78.1 cm³/mol. The Balaban J connectivity index is 1.30. The van der Waals surface area contributed by atoms with Crippen LogP contribution in [0.1, 0.15) is 52.9 Å². The maximum absolute atomic E-state index is 12.0. The first-order chi connectivity index (χ1) is 10.3. The molecule has 4 nitrogen and oxygen atoms in total. The summed E-state index contributed by atoms with van der Waals surface area (Å²) in [5, 5.41) is 6.84. The molecule has 0 saturated heterocycles. The van der Waals surface area contributed by atoms with E-state index >= 15 is 0 Å². The molecule has 4 heteroatoms. The molecule has 4 rings (SSSR count). The number of carbonyl (C=O) groups excluding carboxylic acids is 1. The van der Waals surface area contributed by atoms with Crippen LogP contribution < -0.4 is 5.32 Å². The maximum atomic E-state index is 12.0. The SMILES string of the molecule is O=C(NC[C@@H]1C[C@H]1c1ccccc1)c1cc(C2CC2)on1. The van der Waals surface area contributed by atoms with Gasteiger partial charge >= 0.3 is 0 Å². The van der Waals surface area contributed by atoms with Gasteiger partial charge < -0.3 is 9.84 Å². The molecule has 1 amide bonds. The number of carbonyl (C=O) groups is 1. The summed E-state index contributed by atoms with van der Waals surface area (Å²) < 4.78 is 5.21. The van der Waals surface area contributed by atoms with E-state index in [1.54, 1.807) is 6.07 Å². The third kappa shape index (κ3) is 2.71. The zero-order valence-electron chi connectivity index (χ0n) is 11.8. The van der Waals surface area contributed by atoms with E-state index in [0.29, 0.717) is 30.0 Å². The number of nitrogens with one attached hydrogen (secondary N) is 1. The van der Waals surface area contributed by atoms with Crippen molar-refractivity contribution in [2.24, 2.45) is 5.92 Å². The highest BCUT2D eigenvalue weighted by Crippen LogP contribution is 2.46. The molecule has 0 aliphatic heterocycles. The molecule has 1 N–H and O–H groups in total. The summed E-state index contributed by atoms with van der Waals surface area (Å²) in [7, 11) is 0. The van der Waals surface area contributed by atoms with Crippen LogP contribution in [0.5, 0.6) is 0 Å². The number of amides is 1. The van der Waals surface area contributed by atoms with Crippen LogP contribution >= 0.6 is 0 Å². The van der Waals surface area contributed by atoms with Crippen LogP contribution in [0, 0.1) is 5.92 Å². The molecule has 1 aromatic heterocycles. The van der Waals surface area contributed by atoms with Crippen molar-refractivity contribution in [3.63, 3.8) is 0 Å². The first-order valence-corrected chi connectivity index (χ1v) is 7.61. The van der Waals surface area contributed by atoms with Crippen molar-refractivity contribution in [2.45, 2.75) is 31.1 Å². The second-order valence-corrected chi connectivity index (χ2v) is 6.11. The smallest absolute Gasteiger partial charge is 0.273 e. The van der Waals surface area contributed by atoms with Crippen molar-refractivity contribution in [3.8, 4) is 0 Å². The Morgan fingerprint density at radius 1 is 1.29 bits per heavy atom. The fraction of sp³-hybridized carbons (Fsp3) is 0.412. The fourth-order valence-corrected chi connectivity index (χ4v) is 2.85. The van der Waals surface area contributed by atoms with E-state index in [1.807, 2.05) is 6.07 Å². The van der Waals surface area contributed by atoms with Gasteiger partial charge in [-0.25, -0.2) is 0 Å². The molecule has 2 saturated carbocycles. The second kappa shape index (κ2) is 5.02. The summed E-state index contributed by atoms with van der Waals surface area (Å²) in [5.74, 6) is 2.36. The molecular weight excluding hydrogens is 264 g/mol. The molecule has 0 bridgehead atoms. The first kappa shape index (κ1) is 12.6. The number of hydrogen-bond donors (Lipinski definition) is 1. The molecule has 2 atom stereocenters. The minimum absolute atomic E-state index is 0.121. The van der Waals surface area contributed by atoms with Crippen LogP contribution in [0.15, 0.2) is 40.9 Å². The van der Waals surface area contributed by atoms with Gasteiger partial charge in [0.05, 0.1) is 0 Å². The van der Waals surface area contributed by atoms with E-state index in [0.717, 1.165) is 25.0 Å². The molecule has 1 heterocycles. The minimum Gasteiger partial charge on any atom is -0.360 e. The van der Waals surface area contributed by atoms with Gasteiger partial charge in [-0.05, 0) is 36.7 Å². The number of hydrogen-bond acceptors (Lipinski definition) is 3. The Labute approximate surface area is 123 Å². The summed E-state index contributed by atoms with van der Waals surface area (Å²) in [5.41, 5.74) is 1.78. The maximum Gasteiger partial charge on any atom is 0.273 e. The van der Waals surface area contributed by atoms with Crippen LogP contribution in [0.25, 0.3) is 0 Å². The van der Waals surface area contributed by atoms with Crippen LogP contribution in [0.3, 0.4) is 0 Å². The molecule has 0 unspecified atom stereocenters. The molecule has 1 aromatic carbocycles. The first-order valence-electron chi connectivity index (χ1n) is 7.61. The Bertz CT molecular complexity index is 646. The number of benzene rings is 1. The van der Waals surface area contributed by atoms with E-state index in [9.17, 15) is 4.79 Å². The Kier molecular flexibility index (Phi) is 3.02. The van der Waals surface area contributed by atoms with Crippen molar-refractivity contribution in [2.75, 3.05) is 6.54 Å². The van der Waals surface area contributed by atoms with Crippen molar-refractivity contribution < 1.29 is 9.32 Å². The third-order valence-electron chi connectivity index (χ3n) is 4.42. The average Bonchev–Trinajstić information content (AvgIpc) is 3.44. The lowest BCUT2D eigenvalue weighted by Gasteiger charge is -2.02. The summed E-state index contributed by atoms with van der Waals surface area (Å²) in [6.07, 6.45) is 3.45. The van der Waals surface area contributed by atoms with Crippen LogP contribution in [-0.2, 0) is 0 Å². The number of rotatable bonds is 5. The van der Waals surface area contributed by atoms with Gasteiger partial charge in [-0.3, -0.25) is 4.79 Å². The zero-order chi connectivity index (χ0) is 14.2. The van der Waals surface area contributed by atoms with Crippen LogP contribution in [0.4, 0.5) is 0 Å². The van der Waals surface area contributed by atoms with Gasteiger partial charge in [0.25, 0.3) is 5.91 Å². The summed E-state index contributed by atoms with van der Waals surface area (Å²) >= 11 is 0. The van der Waals surface area contributed by atoms with Crippen LogP contribution in [0.2, 0.25) is 0 Å². The van der Waals surface area contributed by atoms with E-state index < -0.39 is 0 Å². The topological polar surface area (TPSA) is 55.1 Å². The van der Waals surface area contributed by atoms with E-state index in [1.165, 1.54) is 5.56 Å². The second-order valence-electron chi connectivity index (χ2n) is 6.11. The quantitative estimate of drug-likeness (QED) is 0.917. The van der Waals surface area contributed by atoms with Crippen molar-refractivity contribution >= 4 is 5.91 Å². The lowest BCUT2D eigenvalue weighted by Crippen LogP contribution is -2.26. The molecule has 0 spiro atoms. The van der Waals surface area contributed by atoms with Gasteiger partial charge in [0.1, 0.15) is 5.76 Å². The highest BCUT2D eigenvalue weighted by Gasteiger charge is 2.38. The Morgan fingerprint density at radius 2 is 2.10 bits per heavy atom. The van der Waals surface area contributed by atoms with Gasteiger partial charge in [0.15, 0.2) is 5.69 Å². The minimum atomic E-state index is -0.121. The van der Waals surface area contributed by atoms with Gasteiger partial charge in [0, 0.05) is 18.5 Å². The third-order valence-corrected chi connectivity index (χ3v) is 4.42. The van der Waals surface area contributed by atoms with Gasteiger partial charge in [-0.15, -0.1) is 0 Å². The van der Waals surface area contributed by atoms with Gasteiger partial charge in [0.2, 0.25) is 0 Å². The number of nitrogens with zero attached hydrogens (tertiary/aromatic N) is 1. The normalized spacial score (nSPS) is 23.8. The predicted octanol–water partition coefficient (Wildman–Crippen LogP) is 3.09.